The molecular weight excluding hydrogens is 371 g/mol. The summed E-state index contributed by atoms with van der Waals surface area (Å²) >= 11 is 12.4. The van der Waals surface area contributed by atoms with E-state index in [1.165, 1.54) is 0 Å². The molecule has 3 rings (SSSR count). The molecule has 2 amide bonds. The van der Waals surface area contributed by atoms with Gasteiger partial charge in [-0.25, -0.2) is 0 Å². The molecule has 6 heteroatoms. The van der Waals surface area contributed by atoms with Crippen LogP contribution in [0, 0.1) is 6.92 Å². The van der Waals surface area contributed by atoms with Crippen LogP contribution in [0.3, 0.4) is 0 Å². The average molecular weight is 391 g/mol. The Kier molecular flexibility index (Phi) is 5.54. The molecule has 2 aromatic carbocycles. The number of aryl methyl sites for hydroxylation is 1. The number of anilines is 1. The summed E-state index contributed by atoms with van der Waals surface area (Å²) in [6.07, 6.45) is 0. The van der Waals surface area contributed by atoms with Gasteiger partial charge < -0.3 is 9.80 Å². The summed E-state index contributed by atoms with van der Waals surface area (Å²) in [5.74, 6) is -0.738. The van der Waals surface area contributed by atoms with E-state index in [-0.39, 0.29) is 18.4 Å². The van der Waals surface area contributed by atoms with Crippen molar-refractivity contribution in [1.82, 2.24) is 4.90 Å². The molecule has 26 heavy (non-hydrogen) atoms. The highest BCUT2D eigenvalue weighted by atomic mass is 35.5. The van der Waals surface area contributed by atoms with Gasteiger partial charge in [-0.15, -0.1) is 0 Å². The number of halogens is 2. The molecule has 1 atom stereocenters. The van der Waals surface area contributed by atoms with Gasteiger partial charge in [0, 0.05) is 34.4 Å². The Balaban J connectivity index is 1.73. The van der Waals surface area contributed by atoms with Crippen molar-refractivity contribution in [2.75, 3.05) is 24.5 Å². The number of hydrogen-bond donors (Lipinski definition) is 0. The lowest BCUT2D eigenvalue weighted by atomic mass is 9.99. The number of hydrogen-bond acceptors (Lipinski definition) is 2. The minimum absolute atomic E-state index is 0.0547. The highest BCUT2D eigenvalue weighted by Gasteiger charge is 2.32. The number of carbonyl (C=O) groups excluding carboxylic acids is 2. The molecule has 1 heterocycles. The summed E-state index contributed by atoms with van der Waals surface area (Å²) in [4.78, 5) is 28.7. The second-order valence-corrected chi connectivity index (χ2v) is 7.31. The first kappa shape index (κ1) is 18.7. The maximum Gasteiger partial charge on any atom is 0.246 e. The lowest BCUT2D eigenvalue weighted by Gasteiger charge is -2.35. The van der Waals surface area contributed by atoms with Crippen LogP contribution in [-0.4, -0.2) is 36.3 Å². The minimum Gasteiger partial charge on any atom is -0.331 e. The second-order valence-electron chi connectivity index (χ2n) is 6.50. The topological polar surface area (TPSA) is 40.6 Å². The molecule has 1 aliphatic rings. The van der Waals surface area contributed by atoms with Crippen LogP contribution in [0.15, 0.2) is 42.5 Å². The fourth-order valence-corrected chi connectivity index (χ4v) is 3.91. The fraction of sp³-hybridized carbons (Fsp3) is 0.300. The van der Waals surface area contributed by atoms with Crippen molar-refractivity contribution < 1.29 is 9.59 Å². The predicted molar refractivity (Wildman–Crippen MR) is 105 cm³/mol. The summed E-state index contributed by atoms with van der Waals surface area (Å²) < 4.78 is 0. The first-order valence-corrected chi connectivity index (χ1v) is 9.24. The van der Waals surface area contributed by atoms with Crippen molar-refractivity contribution in [3.63, 3.8) is 0 Å². The van der Waals surface area contributed by atoms with Crippen molar-refractivity contribution in [2.24, 2.45) is 0 Å². The third kappa shape index (κ3) is 3.71. The monoisotopic (exact) mass is 390 g/mol. The van der Waals surface area contributed by atoms with Crippen LogP contribution < -0.4 is 4.90 Å². The van der Waals surface area contributed by atoms with E-state index in [1.54, 1.807) is 34.9 Å². The molecule has 0 spiro atoms. The molecule has 0 aliphatic carbocycles. The van der Waals surface area contributed by atoms with Crippen molar-refractivity contribution >= 4 is 40.7 Å². The van der Waals surface area contributed by atoms with Crippen LogP contribution in [-0.2, 0) is 9.59 Å². The summed E-state index contributed by atoms with van der Waals surface area (Å²) in [5.41, 5.74) is 2.60. The van der Waals surface area contributed by atoms with Gasteiger partial charge in [0.25, 0.3) is 0 Å². The van der Waals surface area contributed by atoms with Crippen LogP contribution in [0.1, 0.15) is 24.0 Å². The standard InChI is InChI=1S/C20H20Cl2N2O2/c1-13-6-8-15(9-7-13)24-11-10-23(12-18(24)25)20(26)14(2)19-16(21)4-3-5-17(19)22/h3-9,14H,10-12H2,1-2H3. The van der Waals surface area contributed by atoms with Gasteiger partial charge in [-0.1, -0.05) is 47.0 Å². The van der Waals surface area contributed by atoms with Crippen molar-refractivity contribution in [3.8, 4) is 0 Å². The lowest BCUT2D eigenvalue weighted by Crippen LogP contribution is -2.53. The summed E-state index contributed by atoms with van der Waals surface area (Å²) in [6.45, 7) is 4.77. The van der Waals surface area contributed by atoms with Crippen LogP contribution >= 0.6 is 23.2 Å². The van der Waals surface area contributed by atoms with E-state index in [0.29, 0.717) is 28.7 Å². The average Bonchev–Trinajstić information content (AvgIpc) is 2.61. The van der Waals surface area contributed by atoms with Gasteiger partial charge in [0.2, 0.25) is 11.8 Å². The van der Waals surface area contributed by atoms with E-state index in [2.05, 4.69) is 0 Å². The van der Waals surface area contributed by atoms with Gasteiger partial charge in [-0.3, -0.25) is 9.59 Å². The zero-order valence-corrected chi connectivity index (χ0v) is 16.2. The zero-order chi connectivity index (χ0) is 18.8. The van der Waals surface area contributed by atoms with Gasteiger partial charge in [0.1, 0.15) is 6.54 Å². The molecule has 0 saturated carbocycles. The predicted octanol–water partition coefficient (Wildman–Crippen LogP) is 4.28. The molecule has 1 saturated heterocycles. The largest absolute Gasteiger partial charge is 0.331 e. The Morgan fingerprint density at radius 1 is 1.04 bits per heavy atom. The van der Waals surface area contributed by atoms with Crippen LogP contribution in [0.5, 0.6) is 0 Å². The van der Waals surface area contributed by atoms with E-state index >= 15 is 0 Å². The van der Waals surface area contributed by atoms with Crippen molar-refractivity contribution in [2.45, 2.75) is 19.8 Å². The molecule has 1 fully saturated rings. The second kappa shape index (κ2) is 7.68. The first-order chi connectivity index (χ1) is 12.4. The van der Waals surface area contributed by atoms with Crippen LogP contribution in [0.2, 0.25) is 10.0 Å². The number of piperazine rings is 1. The maximum atomic E-state index is 12.9. The van der Waals surface area contributed by atoms with Gasteiger partial charge in [-0.05, 0) is 38.1 Å². The molecule has 0 N–H and O–H groups in total. The summed E-state index contributed by atoms with van der Waals surface area (Å²) in [6, 6.07) is 13.0. The molecule has 136 valence electrons. The van der Waals surface area contributed by atoms with Gasteiger partial charge >= 0.3 is 0 Å². The van der Waals surface area contributed by atoms with E-state index in [4.69, 9.17) is 23.2 Å². The number of nitrogens with zero attached hydrogens (tertiary/aromatic N) is 2. The van der Waals surface area contributed by atoms with Gasteiger partial charge in [0.15, 0.2) is 0 Å². The lowest BCUT2D eigenvalue weighted by molar-refractivity contribution is -0.137. The smallest absolute Gasteiger partial charge is 0.246 e. The summed E-state index contributed by atoms with van der Waals surface area (Å²) in [5, 5.41) is 0.922. The van der Waals surface area contributed by atoms with E-state index < -0.39 is 5.92 Å². The van der Waals surface area contributed by atoms with Crippen molar-refractivity contribution in [1.29, 1.82) is 0 Å². The van der Waals surface area contributed by atoms with E-state index in [1.807, 2.05) is 31.2 Å². The van der Waals surface area contributed by atoms with E-state index in [9.17, 15) is 9.59 Å². The molecule has 0 aromatic heterocycles. The molecule has 2 aromatic rings. The molecular formula is C20H20Cl2N2O2. The minimum atomic E-state index is -0.505. The highest BCUT2D eigenvalue weighted by molar-refractivity contribution is 6.36. The highest BCUT2D eigenvalue weighted by Crippen LogP contribution is 2.33. The number of amides is 2. The van der Waals surface area contributed by atoms with Crippen LogP contribution in [0.25, 0.3) is 0 Å². The number of benzene rings is 2. The van der Waals surface area contributed by atoms with Crippen molar-refractivity contribution in [3.05, 3.63) is 63.6 Å². The van der Waals surface area contributed by atoms with Gasteiger partial charge in [-0.2, -0.15) is 0 Å². The first-order valence-electron chi connectivity index (χ1n) is 8.48. The maximum absolute atomic E-state index is 12.9. The molecule has 4 nitrogen and oxygen atoms in total. The Morgan fingerprint density at radius 3 is 2.23 bits per heavy atom. The quantitative estimate of drug-likeness (QED) is 0.784. The third-order valence-electron chi connectivity index (χ3n) is 4.68. The normalized spacial score (nSPS) is 15.9. The Hall–Kier alpha value is -2.04. The number of carbonyl (C=O) groups is 2. The SMILES string of the molecule is Cc1ccc(N2CCN(C(=O)C(C)c3c(Cl)cccc3Cl)CC2=O)cc1. The molecule has 1 unspecified atom stereocenters. The molecule has 0 radical (unpaired) electrons. The summed E-state index contributed by atoms with van der Waals surface area (Å²) in [7, 11) is 0. The fourth-order valence-electron chi connectivity index (χ4n) is 3.18. The Labute approximate surface area is 163 Å². The van der Waals surface area contributed by atoms with Gasteiger partial charge in [0.05, 0.1) is 5.92 Å². The molecule has 1 aliphatic heterocycles. The zero-order valence-electron chi connectivity index (χ0n) is 14.7. The Morgan fingerprint density at radius 2 is 1.65 bits per heavy atom. The van der Waals surface area contributed by atoms with Crippen LogP contribution in [0.4, 0.5) is 5.69 Å². The number of rotatable bonds is 3. The molecule has 0 bridgehead atoms. The Bertz CT molecular complexity index is 816. The third-order valence-corrected chi connectivity index (χ3v) is 5.34. The van der Waals surface area contributed by atoms with E-state index in [0.717, 1.165) is 11.3 Å².